The van der Waals surface area contributed by atoms with Crippen LogP contribution in [0, 0.1) is 0 Å². The second kappa shape index (κ2) is 7.99. The molecule has 0 aromatic heterocycles. The lowest BCUT2D eigenvalue weighted by molar-refractivity contribution is 0.317. The van der Waals surface area contributed by atoms with Crippen molar-refractivity contribution >= 4 is 15.7 Å². The van der Waals surface area contributed by atoms with Crippen LogP contribution in [0.5, 0.6) is 5.75 Å². The van der Waals surface area contributed by atoms with E-state index in [2.05, 4.69) is 11.6 Å². The van der Waals surface area contributed by atoms with E-state index in [1.807, 2.05) is 24.3 Å². The number of anilines is 1. The van der Waals surface area contributed by atoms with Crippen molar-refractivity contribution in [3.8, 4) is 5.75 Å². The highest BCUT2D eigenvalue weighted by molar-refractivity contribution is 7.89. The van der Waals surface area contributed by atoms with E-state index >= 15 is 0 Å². The highest BCUT2D eigenvalue weighted by Gasteiger charge is 2.12. The van der Waals surface area contributed by atoms with Gasteiger partial charge in [0.1, 0.15) is 5.75 Å². The van der Waals surface area contributed by atoms with Gasteiger partial charge in [0.15, 0.2) is 0 Å². The van der Waals surface area contributed by atoms with E-state index in [9.17, 15) is 8.42 Å². The Morgan fingerprint density at radius 3 is 2.57 bits per heavy atom. The van der Waals surface area contributed by atoms with Crippen LogP contribution in [0.4, 0.5) is 5.69 Å². The molecule has 0 unspecified atom stereocenters. The second-order valence-corrected chi connectivity index (χ2v) is 6.98. The molecule has 2 aromatic carbocycles. The van der Waals surface area contributed by atoms with Gasteiger partial charge in [-0.3, -0.25) is 0 Å². The molecule has 0 aliphatic heterocycles. The Hall–Kier alpha value is -2.05. The van der Waals surface area contributed by atoms with Gasteiger partial charge in [0.05, 0.1) is 11.5 Å². The van der Waals surface area contributed by atoms with Gasteiger partial charge in [0.25, 0.3) is 0 Å². The lowest BCUT2D eigenvalue weighted by Gasteiger charge is -2.09. The number of rotatable bonds is 8. The maximum absolute atomic E-state index is 12.2. The first-order valence-electron chi connectivity index (χ1n) is 7.58. The summed E-state index contributed by atoms with van der Waals surface area (Å²) in [6.45, 7) is 3.05. The standard InChI is InChI=1S/C17H22N2O3S/c1-2-12-22-16-5-3-4-14(13-16)10-11-19-23(20,21)17-8-6-15(18)7-9-17/h3-9,13,19H,2,10-12,18H2,1H3. The average molecular weight is 334 g/mol. The summed E-state index contributed by atoms with van der Waals surface area (Å²) in [7, 11) is -3.51. The van der Waals surface area contributed by atoms with Crippen LogP contribution in [0.1, 0.15) is 18.9 Å². The van der Waals surface area contributed by atoms with Gasteiger partial charge < -0.3 is 10.5 Å². The van der Waals surface area contributed by atoms with Crippen molar-refractivity contribution in [3.63, 3.8) is 0 Å². The van der Waals surface area contributed by atoms with E-state index in [4.69, 9.17) is 10.5 Å². The first kappa shape index (κ1) is 17.3. The number of nitrogens with two attached hydrogens (primary N) is 1. The molecule has 0 saturated heterocycles. The van der Waals surface area contributed by atoms with Gasteiger partial charge in [0, 0.05) is 12.2 Å². The minimum absolute atomic E-state index is 0.215. The van der Waals surface area contributed by atoms with Crippen molar-refractivity contribution in [2.75, 3.05) is 18.9 Å². The maximum atomic E-state index is 12.2. The molecule has 3 N–H and O–H groups in total. The Morgan fingerprint density at radius 1 is 1.13 bits per heavy atom. The summed E-state index contributed by atoms with van der Waals surface area (Å²) in [6.07, 6.45) is 1.54. The van der Waals surface area contributed by atoms with Crippen LogP contribution in [0.25, 0.3) is 0 Å². The Morgan fingerprint density at radius 2 is 1.87 bits per heavy atom. The molecular formula is C17H22N2O3S. The maximum Gasteiger partial charge on any atom is 0.240 e. The van der Waals surface area contributed by atoms with Gasteiger partial charge in [0.2, 0.25) is 10.0 Å². The van der Waals surface area contributed by atoms with Gasteiger partial charge in [-0.2, -0.15) is 0 Å². The smallest absolute Gasteiger partial charge is 0.240 e. The monoisotopic (exact) mass is 334 g/mol. The number of nitrogen functional groups attached to an aromatic ring is 1. The third kappa shape index (κ3) is 5.26. The van der Waals surface area contributed by atoms with E-state index in [1.54, 1.807) is 12.1 Å². The van der Waals surface area contributed by atoms with Crippen LogP contribution < -0.4 is 15.2 Å². The van der Waals surface area contributed by atoms with Crippen molar-refractivity contribution in [2.24, 2.45) is 0 Å². The zero-order valence-electron chi connectivity index (χ0n) is 13.2. The number of sulfonamides is 1. The molecule has 0 saturated carbocycles. The van der Waals surface area contributed by atoms with Gasteiger partial charge in [-0.15, -0.1) is 0 Å². The predicted molar refractivity (Wildman–Crippen MR) is 92.0 cm³/mol. The van der Waals surface area contributed by atoms with Crippen molar-refractivity contribution < 1.29 is 13.2 Å². The minimum atomic E-state index is -3.51. The Labute approximate surface area is 137 Å². The second-order valence-electron chi connectivity index (χ2n) is 5.21. The van der Waals surface area contributed by atoms with Crippen LogP contribution in [0.15, 0.2) is 53.4 Å². The lowest BCUT2D eigenvalue weighted by Crippen LogP contribution is -2.26. The number of hydrogen-bond acceptors (Lipinski definition) is 4. The highest BCUT2D eigenvalue weighted by atomic mass is 32.2. The SMILES string of the molecule is CCCOc1cccc(CCNS(=O)(=O)c2ccc(N)cc2)c1. The Kier molecular flexibility index (Phi) is 6.01. The third-order valence-corrected chi connectivity index (χ3v) is 4.74. The summed E-state index contributed by atoms with van der Waals surface area (Å²) in [5.41, 5.74) is 7.13. The first-order chi connectivity index (χ1) is 11.0. The van der Waals surface area contributed by atoms with E-state index in [1.165, 1.54) is 12.1 Å². The number of benzene rings is 2. The first-order valence-corrected chi connectivity index (χ1v) is 9.06. The summed E-state index contributed by atoms with van der Waals surface area (Å²) >= 11 is 0. The molecule has 2 aromatic rings. The van der Waals surface area contributed by atoms with Crippen LogP contribution in [0.2, 0.25) is 0 Å². The number of ether oxygens (including phenoxy) is 1. The summed E-state index contributed by atoms with van der Waals surface area (Å²) in [5.74, 6) is 0.811. The van der Waals surface area contributed by atoms with Gasteiger partial charge in [-0.25, -0.2) is 13.1 Å². The quantitative estimate of drug-likeness (QED) is 0.727. The molecule has 0 fully saturated rings. The lowest BCUT2D eigenvalue weighted by atomic mass is 10.1. The Balaban J connectivity index is 1.92. The fourth-order valence-electron chi connectivity index (χ4n) is 2.07. The molecule has 0 radical (unpaired) electrons. The fraction of sp³-hybridized carbons (Fsp3) is 0.294. The van der Waals surface area contributed by atoms with Gasteiger partial charge in [-0.05, 0) is 54.8 Å². The average Bonchev–Trinajstić information content (AvgIpc) is 2.53. The summed E-state index contributed by atoms with van der Waals surface area (Å²) < 4.78 is 32.5. The zero-order chi connectivity index (χ0) is 16.7. The summed E-state index contributed by atoms with van der Waals surface area (Å²) in [4.78, 5) is 0.215. The van der Waals surface area contributed by atoms with E-state index in [0.29, 0.717) is 25.3 Å². The molecule has 0 spiro atoms. The molecule has 6 heteroatoms. The number of hydrogen-bond donors (Lipinski definition) is 2. The molecular weight excluding hydrogens is 312 g/mol. The molecule has 124 valence electrons. The van der Waals surface area contributed by atoms with Crippen molar-refractivity contribution in [1.29, 1.82) is 0 Å². The topological polar surface area (TPSA) is 81.4 Å². The largest absolute Gasteiger partial charge is 0.494 e. The molecule has 2 rings (SSSR count). The van der Waals surface area contributed by atoms with Gasteiger partial charge in [-0.1, -0.05) is 19.1 Å². The molecule has 0 heterocycles. The summed E-state index contributed by atoms with van der Waals surface area (Å²) in [5, 5.41) is 0. The van der Waals surface area contributed by atoms with Crippen LogP contribution in [0.3, 0.4) is 0 Å². The normalized spacial score (nSPS) is 11.3. The van der Waals surface area contributed by atoms with Crippen LogP contribution in [-0.4, -0.2) is 21.6 Å². The molecule has 0 bridgehead atoms. The third-order valence-electron chi connectivity index (χ3n) is 3.27. The summed E-state index contributed by atoms with van der Waals surface area (Å²) in [6, 6.07) is 13.8. The Bertz CT molecular complexity index is 728. The van der Waals surface area contributed by atoms with Crippen LogP contribution >= 0.6 is 0 Å². The number of nitrogens with one attached hydrogen (secondary N) is 1. The van der Waals surface area contributed by atoms with Crippen molar-refractivity contribution in [1.82, 2.24) is 4.72 Å². The van der Waals surface area contributed by atoms with Gasteiger partial charge >= 0.3 is 0 Å². The minimum Gasteiger partial charge on any atom is -0.494 e. The molecule has 0 atom stereocenters. The molecule has 0 aliphatic rings. The molecule has 23 heavy (non-hydrogen) atoms. The van der Waals surface area contributed by atoms with Crippen molar-refractivity contribution in [3.05, 3.63) is 54.1 Å². The van der Waals surface area contributed by atoms with E-state index < -0.39 is 10.0 Å². The molecule has 0 amide bonds. The van der Waals surface area contributed by atoms with E-state index in [-0.39, 0.29) is 4.90 Å². The fourth-order valence-corrected chi connectivity index (χ4v) is 3.10. The molecule has 5 nitrogen and oxygen atoms in total. The van der Waals surface area contributed by atoms with Crippen LogP contribution in [-0.2, 0) is 16.4 Å². The predicted octanol–water partition coefficient (Wildman–Crippen LogP) is 2.58. The van der Waals surface area contributed by atoms with E-state index in [0.717, 1.165) is 17.7 Å². The molecule has 0 aliphatic carbocycles. The zero-order valence-corrected chi connectivity index (χ0v) is 14.0. The highest BCUT2D eigenvalue weighted by Crippen LogP contribution is 2.15. The van der Waals surface area contributed by atoms with Crippen molar-refractivity contribution in [2.45, 2.75) is 24.7 Å².